The molecule has 1 aliphatic heterocycles. The minimum absolute atomic E-state index is 0.0815. The number of halogens is 1. The maximum Gasteiger partial charge on any atom is 0.231 e. The Hall–Kier alpha value is -2.24. The zero-order valence-electron chi connectivity index (χ0n) is 14.9. The fourth-order valence-corrected chi connectivity index (χ4v) is 4.10. The van der Waals surface area contributed by atoms with E-state index in [1.807, 2.05) is 4.90 Å². The fraction of sp³-hybridized carbons (Fsp3) is 0.550. The summed E-state index contributed by atoms with van der Waals surface area (Å²) in [5.41, 5.74) is 0.729. The summed E-state index contributed by atoms with van der Waals surface area (Å²) in [5, 5.41) is 4.04. The van der Waals surface area contributed by atoms with Gasteiger partial charge in [-0.3, -0.25) is 4.79 Å². The lowest BCUT2D eigenvalue weighted by Gasteiger charge is -2.34. The van der Waals surface area contributed by atoms with Crippen molar-refractivity contribution in [3.05, 3.63) is 36.0 Å². The van der Waals surface area contributed by atoms with Gasteiger partial charge in [-0.15, -0.1) is 0 Å². The van der Waals surface area contributed by atoms with Crippen LogP contribution in [0.3, 0.4) is 0 Å². The van der Waals surface area contributed by atoms with Gasteiger partial charge >= 0.3 is 0 Å². The van der Waals surface area contributed by atoms with Crippen molar-refractivity contribution < 1.29 is 13.7 Å². The van der Waals surface area contributed by atoms with Gasteiger partial charge in [-0.2, -0.15) is 4.98 Å². The van der Waals surface area contributed by atoms with E-state index in [4.69, 9.17) is 4.52 Å². The van der Waals surface area contributed by atoms with Gasteiger partial charge in [0.05, 0.1) is 5.92 Å². The fourth-order valence-electron chi connectivity index (χ4n) is 4.10. The van der Waals surface area contributed by atoms with E-state index < -0.39 is 0 Å². The number of hydrogen-bond acceptors (Lipinski definition) is 4. The van der Waals surface area contributed by atoms with Gasteiger partial charge < -0.3 is 9.42 Å². The minimum Gasteiger partial charge on any atom is -0.342 e. The van der Waals surface area contributed by atoms with Crippen molar-refractivity contribution in [3.63, 3.8) is 0 Å². The average molecular weight is 357 g/mol. The van der Waals surface area contributed by atoms with Crippen LogP contribution < -0.4 is 0 Å². The Balaban J connectivity index is 1.44. The molecule has 1 aromatic carbocycles. The summed E-state index contributed by atoms with van der Waals surface area (Å²) in [7, 11) is 0. The molecule has 1 aliphatic carbocycles. The Bertz CT molecular complexity index is 753. The maximum absolute atomic E-state index is 13.1. The third-order valence-electron chi connectivity index (χ3n) is 5.58. The minimum atomic E-state index is -0.290. The first kappa shape index (κ1) is 17.2. The molecule has 0 bridgehead atoms. The summed E-state index contributed by atoms with van der Waals surface area (Å²) in [4.78, 5) is 19.3. The monoisotopic (exact) mass is 357 g/mol. The Morgan fingerprint density at radius 1 is 1.08 bits per heavy atom. The molecule has 1 atom stereocenters. The van der Waals surface area contributed by atoms with Crippen molar-refractivity contribution in [2.24, 2.45) is 5.92 Å². The van der Waals surface area contributed by atoms with Gasteiger partial charge in [0.25, 0.3) is 0 Å². The summed E-state index contributed by atoms with van der Waals surface area (Å²) >= 11 is 0. The van der Waals surface area contributed by atoms with Crippen LogP contribution in [0.1, 0.15) is 56.8 Å². The SMILES string of the molecule is O=C(C1CCCCC1)N1CCC[C@@H](c2nc(-c3ccc(F)cc3)no2)C1. The van der Waals surface area contributed by atoms with Crippen molar-refractivity contribution in [1.82, 2.24) is 15.0 Å². The number of carbonyl (C=O) groups excluding carboxylic acids is 1. The number of hydrogen-bond donors (Lipinski definition) is 0. The first-order valence-electron chi connectivity index (χ1n) is 9.59. The molecule has 5 nitrogen and oxygen atoms in total. The number of piperidine rings is 1. The molecule has 2 heterocycles. The van der Waals surface area contributed by atoms with Crippen molar-refractivity contribution in [2.75, 3.05) is 13.1 Å². The highest BCUT2D eigenvalue weighted by molar-refractivity contribution is 5.79. The van der Waals surface area contributed by atoms with E-state index in [1.54, 1.807) is 12.1 Å². The molecule has 4 rings (SSSR count). The van der Waals surface area contributed by atoms with Crippen LogP contribution in [0, 0.1) is 11.7 Å². The van der Waals surface area contributed by atoms with Gasteiger partial charge in [0.2, 0.25) is 17.6 Å². The lowest BCUT2D eigenvalue weighted by molar-refractivity contribution is -0.137. The first-order valence-corrected chi connectivity index (χ1v) is 9.59. The second-order valence-electron chi connectivity index (χ2n) is 7.42. The standard InChI is InChI=1S/C20H24FN3O2/c21-17-10-8-14(9-11-17)18-22-19(26-23-18)16-7-4-12-24(13-16)20(25)15-5-2-1-3-6-15/h8-11,15-16H,1-7,12-13H2/t16-/m1/s1. The van der Waals surface area contributed by atoms with Gasteiger partial charge in [-0.1, -0.05) is 24.4 Å². The van der Waals surface area contributed by atoms with E-state index in [2.05, 4.69) is 10.1 Å². The molecule has 0 spiro atoms. The molecule has 6 heteroatoms. The Kier molecular flexibility index (Phi) is 5.00. The maximum atomic E-state index is 13.1. The van der Waals surface area contributed by atoms with Gasteiger partial charge in [0.1, 0.15) is 5.82 Å². The van der Waals surface area contributed by atoms with Crippen LogP contribution in [0.2, 0.25) is 0 Å². The smallest absolute Gasteiger partial charge is 0.231 e. The first-order chi connectivity index (χ1) is 12.7. The molecule has 26 heavy (non-hydrogen) atoms. The van der Waals surface area contributed by atoms with E-state index in [0.29, 0.717) is 24.2 Å². The van der Waals surface area contributed by atoms with Crippen molar-refractivity contribution in [3.8, 4) is 11.4 Å². The third kappa shape index (κ3) is 3.64. The van der Waals surface area contributed by atoms with Crippen LogP contribution in [0.5, 0.6) is 0 Å². The molecule has 2 fully saturated rings. The van der Waals surface area contributed by atoms with Crippen LogP contribution in [0.25, 0.3) is 11.4 Å². The van der Waals surface area contributed by atoms with Crippen molar-refractivity contribution >= 4 is 5.91 Å². The summed E-state index contributed by atoms with van der Waals surface area (Å²) < 4.78 is 18.5. The Morgan fingerprint density at radius 2 is 1.85 bits per heavy atom. The molecular weight excluding hydrogens is 333 g/mol. The van der Waals surface area contributed by atoms with E-state index in [1.165, 1.54) is 31.4 Å². The van der Waals surface area contributed by atoms with Crippen LogP contribution >= 0.6 is 0 Å². The lowest BCUT2D eigenvalue weighted by atomic mass is 9.87. The molecular formula is C20H24FN3O2. The van der Waals surface area contributed by atoms with Crippen molar-refractivity contribution in [1.29, 1.82) is 0 Å². The predicted molar refractivity (Wildman–Crippen MR) is 94.8 cm³/mol. The number of likely N-dealkylation sites (tertiary alicyclic amines) is 1. The summed E-state index contributed by atoms with van der Waals surface area (Å²) in [5.74, 6) is 1.33. The molecule has 2 aromatic rings. The molecule has 138 valence electrons. The highest BCUT2D eigenvalue weighted by Crippen LogP contribution is 2.31. The molecule has 0 unspecified atom stereocenters. The van der Waals surface area contributed by atoms with E-state index in [-0.39, 0.29) is 17.7 Å². The van der Waals surface area contributed by atoms with Crippen LogP contribution in [0.15, 0.2) is 28.8 Å². The highest BCUT2D eigenvalue weighted by atomic mass is 19.1. The number of amides is 1. The predicted octanol–water partition coefficient (Wildman–Crippen LogP) is 4.16. The number of benzene rings is 1. The number of rotatable bonds is 3. The third-order valence-corrected chi connectivity index (χ3v) is 5.58. The molecule has 0 radical (unpaired) electrons. The van der Waals surface area contributed by atoms with Crippen molar-refractivity contribution in [2.45, 2.75) is 50.9 Å². The van der Waals surface area contributed by atoms with Gasteiger partial charge in [0.15, 0.2) is 0 Å². The molecule has 2 aliphatic rings. The molecule has 1 amide bonds. The number of aromatic nitrogens is 2. The molecule has 0 N–H and O–H groups in total. The van der Waals surface area contributed by atoms with Gasteiger partial charge in [-0.05, 0) is 49.9 Å². The lowest BCUT2D eigenvalue weighted by Crippen LogP contribution is -2.42. The van der Waals surface area contributed by atoms with Gasteiger partial charge in [0, 0.05) is 24.6 Å². The van der Waals surface area contributed by atoms with E-state index >= 15 is 0 Å². The van der Waals surface area contributed by atoms with E-state index in [0.717, 1.165) is 37.8 Å². The molecule has 1 saturated heterocycles. The zero-order valence-corrected chi connectivity index (χ0v) is 14.9. The zero-order chi connectivity index (χ0) is 17.9. The average Bonchev–Trinajstić information content (AvgIpc) is 3.19. The summed E-state index contributed by atoms with van der Waals surface area (Å²) in [6, 6.07) is 6.06. The topological polar surface area (TPSA) is 59.2 Å². The van der Waals surface area contributed by atoms with Crippen LogP contribution in [-0.4, -0.2) is 34.0 Å². The van der Waals surface area contributed by atoms with Gasteiger partial charge in [-0.25, -0.2) is 4.39 Å². The quantitative estimate of drug-likeness (QED) is 0.827. The number of nitrogens with zero attached hydrogens (tertiary/aromatic N) is 3. The largest absolute Gasteiger partial charge is 0.342 e. The number of carbonyl (C=O) groups is 1. The Labute approximate surface area is 152 Å². The normalized spacial score (nSPS) is 21.7. The molecule has 1 aromatic heterocycles. The van der Waals surface area contributed by atoms with Crippen LogP contribution in [-0.2, 0) is 4.79 Å². The second-order valence-corrected chi connectivity index (χ2v) is 7.42. The second kappa shape index (κ2) is 7.56. The summed E-state index contributed by atoms with van der Waals surface area (Å²) in [6.07, 6.45) is 7.53. The Morgan fingerprint density at radius 3 is 2.62 bits per heavy atom. The highest BCUT2D eigenvalue weighted by Gasteiger charge is 2.32. The van der Waals surface area contributed by atoms with E-state index in [9.17, 15) is 9.18 Å². The van der Waals surface area contributed by atoms with Crippen LogP contribution in [0.4, 0.5) is 4.39 Å². The molecule has 1 saturated carbocycles. The summed E-state index contributed by atoms with van der Waals surface area (Å²) in [6.45, 7) is 1.48.